The second-order valence-corrected chi connectivity index (χ2v) is 2.84. The fraction of sp³-hybridized carbons (Fsp3) is 1.00. The molecule has 0 aliphatic carbocycles. The molecular formula is C6H13NOS. The molecule has 0 spiro atoms. The Labute approximate surface area is 61.2 Å². The van der Waals surface area contributed by atoms with Crippen molar-refractivity contribution in [2.45, 2.75) is 12.5 Å². The van der Waals surface area contributed by atoms with E-state index in [1.807, 2.05) is 0 Å². The predicted molar refractivity (Wildman–Crippen MR) is 40.8 cm³/mol. The van der Waals surface area contributed by atoms with E-state index >= 15 is 0 Å². The maximum atomic E-state index is 5.72. The zero-order valence-electron chi connectivity index (χ0n) is 5.42. The van der Waals surface area contributed by atoms with Crippen LogP contribution >= 0.6 is 12.6 Å². The van der Waals surface area contributed by atoms with Crippen LogP contribution in [0.25, 0.3) is 0 Å². The van der Waals surface area contributed by atoms with Crippen molar-refractivity contribution in [1.29, 1.82) is 0 Å². The highest BCUT2D eigenvalue weighted by atomic mass is 32.1. The van der Waals surface area contributed by atoms with Gasteiger partial charge in [0.05, 0.1) is 6.61 Å². The summed E-state index contributed by atoms with van der Waals surface area (Å²) < 4.78 is 5.17. The molecule has 2 unspecified atom stereocenters. The van der Waals surface area contributed by atoms with Gasteiger partial charge in [-0.25, -0.2) is 0 Å². The summed E-state index contributed by atoms with van der Waals surface area (Å²) in [6.45, 7) is 1.72. The van der Waals surface area contributed by atoms with Crippen molar-refractivity contribution >= 4 is 12.6 Å². The number of ether oxygens (including phenoxy) is 1. The summed E-state index contributed by atoms with van der Waals surface area (Å²) in [5.74, 6) is 1.33. The molecule has 0 saturated carbocycles. The average molecular weight is 147 g/mol. The van der Waals surface area contributed by atoms with Crippen molar-refractivity contribution < 1.29 is 4.74 Å². The summed E-state index contributed by atoms with van der Waals surface area (Å²) in [6, 6.07) is 0.232. The molecule has 1 aliphatic rings. The van der Waals surface area contributed by atoms with E-state index < -0.39 is 0 Å². The van der Waals surface area contributed by atoms with E-state index in [4.69, 9.17) is 10.5 Å². The summed E-state index contributed by atoms with van der Waals surface area (Å²) in [6.07, 6.45) is 1.11. The van der Waals surface area contributed by atoms with E-state index in [1.54, 1.807) is 0 Å². The van der Waals surface area contributed by atoms with E-state index in [-0.39, 0.29) is 6.04 Å². The molecule has 2 nitrogen and oxygen atoms in total. The Bertz CT molecular complexity index is 83.1. The standard InChI is InChI=1S/C6H13NOS/c7-6(4-9)5-1-2-8-3-5/h5-6,9H,1-4,7H2. The van der Waals surface area contributed by atoms with E-state index in [9.17, 15) is 0 Å². The maximum Gasteiger partial charge on any atom is 0.0510 e. The molecule has 1 fully saturated rings. The molecule has 3 heteroatoms. The number of nitrogens with two attached hydrogens (primary N) is 1. The zero-order chi connectivity index (χ0) is 6.69. The molecule has 0 aromatic carbocycles. The van der Waals surface area contributed by atoms with Crippen molar-refractivity contribution in [3.05, 3.63) is 0 Å². The van der Waals surface area contributed by atoms with Crippen LogP contribution in [0.4, 0.5) is 0 Å². The van der Waals surface area contributed by atoms with E-state index in [2.05, 4.69) is 12.6 Å². The largest absolute Gasteiger partial charge is 0.381 e. The minimum Gasteiger partial charge on any atom is -0.381 e. The third-order valence-corrected chi connectivity index (χ3v) is 2.20. The lowest BCUT2D eigenvalue weighted by atomic mass is 10.0. The Balaban J connectivity index is 2.24. The van der Waals surface area contributed by atoms with Gasteiger partial charge in [0.25, 0.3) is 0 Å². The predicted octanol–water partition coefficient (Wildman–Crippen LogP) is 0.280. The van der Waals surface area contributed by atoms with Crippen LogP contribution in [0.3, 0.4) is 0 Å². The minimum absolute atomic E-state index is 0.232. The fourth-order valence-electron chi connectivity index (χ4n) is 1.04. The first kappa shape index (κ1) is 7.38. The highest BCUT2D eigenvalue weighted by Crippen LogP contribution is 2.15. The molecule has 0 amide bonds. The topological polar surface area (TPSA) is 35.2 Å². The normalized spacial score (nSPS) is 30.7. The van der Waals surface area contributed by atoms with Crippen LogP contribution in [0.15, 0.2) is 0 Å². The van der Waals surface area contributed by atoms with Gasteiger partial charge >= 0.3 is 0 Å². The van der Waals surface area contributed by atoms with Crippen LogP contribution in [0, 0.1) is 5.92 Å². The van der Waals surface area contributed by atoms with E-state index in [1.165, 1.54) is 0 Å². The van der Waals surface area contributed by atoms with Gasteiger partial charge in [-0.3, -0.25) is 0 Å². The lowest BCUT2D eigenvalue weighted by Crippen LogP contribution is -2.31. The highest BCUT2D eigenvalue weighted by Gasteiger charge is 2.20. The summed E-state index contributed by atoms with van der Waals surface area (Å²) in [4.78, 5) is 0. The van der Waals surface area contributed by atoms with Gasteiger partial charge in [-0.15, -0.1) is 0 Å². The van der Waals surface area contributed by atoms with Gasteiger partial charge in [0.2, 0.25) is 0 Å². The number of hydrogen-bond donors (Lipinski definition) is 2. The smallest absolute Gasteiger partial charge is 0.0510 e. The van der Waals surface area contributed by atoms with Crippen LogP contribution in [0.1, 0.15) is 6.42 Å². The van der Waals surface area contributed by atoms with E-state index in [0.29, 0.717) is 5.92 Å². The summed E-state index contributed by atoms with van der Waals surface area (Å²) in [5, 5.41) is 0. The van der Waals surface area contributed by atoms with Gasteiger partial charge in [0.1, 0.15) is 0 Å². The first-order valence-electron chi connectivity index (χ1n) is 3.28. The zero-order valence-corrected chi connectivity index (χ0v) is 6.31. The summed E-state index contributed by atoms with van der Waals surface area (Å²) in [5.41, 5.74) is 5.72. The molecular weight excluding hydrogens is 134 g/mol. The summed E-state index contributed by atoms with van der Waals surface area (Å²) >= 11 is 4.11. The first-order chi connectivity index (χ1) is 4.34. The molecule has 9 heavy (non-hydrogen) atoms. The maximum absolute atomic E-state index is 5.72. The number of hydrogen-bond acceptors (Lipinski definition) is 3. The first-order valence-corrected chi connectivity index (χ1v) is 3.92. The Morgan fingerprint density at radius 2 is 2.56 bits per heavy atom. The van der Waals surface area contributed by atoms with Gasteiger partial charge in [0.15, 0.2) is 0 Å². The molecule has 1 rings (SSSR count). The van der Waals surface area contributed by atoms with Crippen molar-refractivity contribution in [3.63, 3.8) is 0 Å². The SMILES string of the molecule is NC(CS)C1CCOC1. The second kappa shape index (κ2) is 3.44. The van der Waals surface area contributed by atoms with Crippen LogP contribution in [0.5, 0.6) is 0 Å². The van der Waals surface area contributed by atoms with Crippen molar-refractivity contribution in [2.75, 3.05) is 19.0 Å². The lowest BCUT2D eigenvalue weighted by molar-refractivity contribution is 0.182. The van der Waals surface area contributed by atoms with Gasteiger partial charge in [-0.2, -0.15) is 12.6 Å². The van der Waals surface area contributed by atoms with Crippen LogP contribution in [-0.2, 0) is 4.74 Å². The van der Waals surface area contributed by atoms with Gasteiger partial charge in [-0.05, 0) is 6.42 Å². The lowest BCUT2D eigenvalue weighted by Gasteiger charge is -2.13. The monoisotopic (exact) mass is 147 g/mol. The average Bonchev–Trinajstić information content (AvgIpc) is 2.37. The van der Waals surface area contributed by atoms with E-state index in [0.717, 1.165) is 25.4 Å². The van der Waals surface area contributed by atoms with Crippen molar-refractivity contribution in [3.8, 4) is 0 Å². The Morgan fingerprint density at radius 1 is 1.78 bits per heavy atom. The minimum atomic E-state index is 0.232. The fourth-order valence-corrected chi connectivity index (χ4v) is 1.34. The van der Waals surface area contributed by atoms with Gasteiger partial charge in [0, 0.05) is 24.3 Å². The molecule has 2 N–H and O–H groups in total. The molecule has 1 aliphatic heterocycles. The molecule has 0 aromatic rings. The van der Waals surface area contributed by atoms with Gasteiger partial charge < -0.3 is 10.5 Å². The molecule has 0 radical (unpaired) electrons. The highest BCUT2D eigenvalue weighted by molar-refractivity contribution is 7.80. The van der Waals surface area contributed by atoms with Gasteiger partial charge in [-0.1, -0.05) is 0 Å². The molecule has 1 heterocycles. The molecule has 0 bridgehead atoms. The Morgan fingerprint density at radius 3 is 3.00 bits per heavy atom. The van der Waals surface area contributed by atoms with Crippen LogP contribution < -0.4 is 5.73 Å². The van der Waals surface area contributed by atoms with Crippen LogP contribution in [0.2, 0.25) is 0 Å². The molecule has 54 valence electrons. The second-order valence-electron chi connectivity index (χ2n) is 2.47. The molecule has 2 atom stereocenters. The Kier molecular flexibility index (Phi) is 2.82. The third kappa shape index (κ3) is 1.85. The number of thiol groups is 1. The van der Waals surface area contributed by atoms with Crippen LogP contribution in [-0.4, -0.2) is 25.0 Å². The van der Waals surface area contributed by atoms with Crippen molar-refractivity contribution in [1.82, 2.24) is 0 Å². The Hall–Kier alpha value is 0.270. The number of rotatable bonds is 2. The third-order valence-electron chi connectivity index (χ3n) is 1.78. The quantitative estimate of drug-likeness (QED) is 0.550. The molecule has 0 aromatic heterocycles. The molecule has 1 saturated heterocycles. The summed E-state index contributed by atoms with van der Waals surface area (Å²) in [7, 11) is 0. The van der Waals surface area contributed by atoms with Crippen molar-refractivity contribution in [2.24, 2.45) is 11.7 Å².